The van der Waals surface area contributed by atoms with Crippen LogP contribution in [-0.4, -0.2) is 6.61 Å². The van der Waals surface area contributed by atoms with Crippen molar-refractivity contribution in [2.45, 2.75) is 19.7 Å². The maximum atomic E-state index is 5.79. The molecular weight excluding hydrogens is 251 g/mol. The van der Waals surface area contributed by atoms with Gasteiger partial charge in [0, 0.05) is 10.0 Å². The van der Waals surface area contributed by atoms with Crippen LogP contribution in [0.4, 0.5) is 0 Å². The van der Waals surface area contributed by atoms with E-state index in [2.05, 4.69) is 15.9 Å². The molecule has 0 unspecified atom stereocenters. The maximum Gasteiger partial charge on any atom is 0.124 e. The summed E-state index contributed by atoms with van der Waals surface area (Å²) in [5.74, 6) is 1.37. The molecule has 0 spiro atoms. The fourth-order valence-corrected chi connectivity index (χ4v) is 1.69. The lowest BCUT2D eigenvalue weighted by Gasteiger charge is -2.10. The third-order valence-corrected chi connectivity index (χ3v) is 2.93. The van der Waals surface area contributed by atoms with Gasteiger partial charge in [0.05, 0.1) is 12.5 Å². The molecule has 1 nitrogen and oxygen atoms in total. The largest absolute Gasteiger partial charge is 0.494 e. The van der Waals surface area contributed by atoms with E-state index in [9.17, 15) is 0 Å². The van der Waals surface area contributed by atoms with Gasteiger partial charge in [-0.1, -0.05) is 15.9 Å². The van der Waals surface area contributed by atoms with E-state index in [0.717, 1.165) is 21.3 Å². The van der Waals surface area contributed by atoms with Crippen molar-refractivity contribution in [2.75, 3.05) is 6.61 Å². The predicted octanol–water partition coefficient (Wildman–Crippen LogP) is 3.90. The highest BCUT2D eigenvalue weighted by Gasteiger charge is 2.05. The summed E-state index contributed by atoms with van der Waals surface area (Å²) in [4.78, 5) is 0. The minimum absolute atomic E-state index is 0.480. The Labute approximate surface area is 92.2 Å². The van der Waals surface area contributed by atoms with Crippen LogP contribution in [-0.2, 0) is 5.88 Å². The third kappa shape index (κ3) is 2.61. The van der Waals surface area contributed by atoms with Crippen molar-refractivity contribution in [1.82, 2.24) is 0 Å². The van der Waals surface area contributed by atoms with Gasteiger partial charge < -0.3 is 4.74 Å². The fourth-order valence-electron chi connectivity index (χ4n) is 1.09. The Morgan fingerprint density at radius 2 is 2.15 bits per heavy atom. The average molecular weight is 264 g/mol. The monoisotopic (exact) mass is 262 g/mol. The first-order valence-electron chi connectivity index (χ1n) is 4.16. The van der Waals surface area contributed by atoms with Crippen molar-refractivity contribution in [3.63, 3.8) is 0 Å². The molecule has 0 radical (unpaired) electrons. The van der Waals surface area contributed by atoms with Crippen molar-refractivity contribution >= 4 is 27.5 Å². The molecule has 0 bridgehead atoms. The summed E-state index contributed by atoms with van der Waals surface area (Å²) >= 11 is 9.25. The van der Waals surface area contributed by atoms with Crippen LogP contribution < -0.4 is 4.74 Å². The van der Waals surface area contributed by atoms with Gasteiger partial charge in [-0.3, -0.25) is 0 Å². The van der Waals surface area contributed by atoms with Crippen molar-refractivity contribution in [3.8, 4) is 5.75 Å². The molecule has 0 N–H and O–H groups in total. The Morgan fingerprint density at radius 3 is 2.69 bits per heavy atom. The molecule has 0 aliphatic heterocycles. The Morgan fingerprint density at radius 1 is 1.46 bits per heavy atom. The summed E-state index contributed by atoms with van der Waals surface area (Å²) in [6.07, 6.45) is 0. The SMILES string of the molecule is CCOc1cc(C)c(Br)cc1CCl. The Hall–Kier alpha value is -0.210. The second-order valence-electron chi connectivity index (χ2n) is 2.78. The number of alkyl halides is 1. The molecule has 1 aromatic carbocycles. The first-order valence-corrected chi connectivity index (χ1v) is 5.49. The van der Waals surface area contributed by atoms with E-state index in [1.165, 1.54) is 0 Å². The Balaban J connectivity index is 3.09. The lowest BCUT2D eigenvalue weighted by Crippen LogP contribution is -1.96. The molecule has 0 aliphatic carbocycles. The minimum atomic E-state index is 0.480. The zero-order valence-electron chi connectivity index (χ0n) is 7.73. The molecule has 0 aliphatic rings. The van der Waals surface area contributed by atoms with Crippen LogP contribution in [0.1, 0.15) is 18.1 Å². The van der Waals surface area contributed by atoms with E-state index in [0.29, 0.717) is 12.5 Å². The van der Waals surface area contributed by atoms with Crippen LogP contribution in [0.5, 0.6) is 5.75 Å². The molecular formula is C10H12BrClO. The molecule has 1 rings (SSSR count). The highest BCUT2D eigenvalue weighted by Crippen LogP contribution is 2.28. The van der Waals surface area contributed by atoms with E-state index in [4.69, 9.17) is 16.3 Å². The molecule has 0 amide bonds. The molecule has 0 saturated carbocycles. The highest BCUT2D eigenvalue weighted by atomic mass is 79.9. The molecule has 0 atom stereocenters. The number of halogens is 2. The average Bonchev–Trinajstić information content (AvgIpc) is 2.11. The van der Waals surface area contributed by atoms with Gasteiger partial charge in [0.25, 0.3) is 0 Å². The van der Waals surface area contributed by atoms with Crippen LogP contribution in [0.25, 0.3) is 0 Å². The fraction of sp³-hybridized carbons (Fsp3) is 0.400. The summed E-state index contributed by atoms with van der Waals surface area (Å²) in [7, 11) is 0. The number of rotatable bonds is 3. The lowest BCUT2D eigenvalue weighted by atomic mass is 10.1. The Bertz CT molecular complexity index is 299. The first-order chi connectivity index (χ1) is 6.19. The summed E-state index contributed by atoms with van der Waals surface area (Å²) in [5.41, 5.74) is 2.19. The van der Waals surface area contributed by atoms with Crippen molar-refractivity contribution < 1.29 is 4.74 Å². The first kappa shape index (κ1) is 10.9. The second kappa shape index (κ2) is 4.87. The zero-order chi connectivity index (χ0) is 9.84. The van der Waals surface area contributed by atoms with Gasteiger partial charge >= 0.3 is 0 Å². The normalized spacial score (nSPS) is 10.2. The van der Waals surface area contributed by atoms with E-state index in [1.54, 1.807) is 0 Å². The van der Waals surface area contributed by atoms with Crippen molar-refractivity contribution in [1.29, 1.82) is 0 Å². The number of benzene rings is 1. The van der Waals surface area contributed by atoms with E-state index < -0.39 is 0 Å². The molecule has 72 valence electrons. The zero-order valence-corrected chi connectivity index (χ0v) is 10.1. The maximum absolute atomic E-state index is 5.79. The van der Waals surface area contributed by atoms with Gasteiger partial charge in [-0.2, -0.15) is 0 Å². The molecule has 3 heteroatoms. The van der Waals surface area contributed by atoms with Crippen LogP contribution in [0.15, 0.2) is 16.6 Å². The van der Waals surface area contributed by atoms with Gasteiger partial charge in [0.15, 0.2) is 0 Å². The third-order valence-electron chi connectivity index (χ3n) is 1.79. The van der Waals surface area contributed by atoms with Crippen LogP contribution in [0.3, 0.4) is 0 Å². The van der Waals surface area contributed by atoms with Gasteiger partial charge in [0.2, 0.25) is 0 Å². The quantitative estimate of drug-likeness (QED) is 0.752. The van der Waals surface area contributed by atoms with Crippen LogP contribution in [0.2, 0.25) is 0 Å². The van der Waals surface area contributed by atoms with E-state index in [1.807, 2.05) is 26.0 Å². The van der Waals surface area contributed by atoms with Crippen molar-refractivity contribution in [2.24, 2.45) is 0 Å². The van der Waals surface area contributed by atoms with Gasteiger partial charge in [-0.25, -0.2) is 0 Å². The summed E-state index contributed by atoms with van der Waals surface area (Å²) in [6, 6.07) is 4.01. The predicted molar refractivity (Wildman–Crippen MR) is 59.6 cm³/mol. The number of ether oxygens (including phenoxy) is 1. The second-order valence-corrected chi connectivity index (χ2v) is 3.90. The highest BCUT2D eigenvalue weighted by molar-refractivity contribution is 9.10. The minimum Gasteiger partial charge on any atom is -0.494 e. The van der Waals surface area contributed by atoms with Crippen LogP contribution >= 0.6 is 27.5 Å². The smallest absolute Gasteiger partial charge is 0.124 e. The van der Waals surface area contributed by atoms with E-state index in [-0.39, 0.29) is 0 Å². The van der Waals surface area contributed by atoms with Gasteiger partial charge in [0.1, 0.15) is 5.75 Å². The number of hydrogen-bond acceptors (Lipinski definition) is 1. The van der Waals surface area contributed by atoms with Crippen molar-refractivity contribution in [3.05, 3.63) is 27.7 Å². The van der Waals surface area contributed by atoms with Gasteiger partial charge in [-0.15, -0.1) is 11.6 Å². The molecule has 0 fully saturated rings. The number of aryl methyl sites for hydroxylation is 1. The standard InChI is InChI=1S/C10H12BrClO/c1-3-13-10-4-7(2)9(11)5-8(10)6-12/h4-5H,3,6H2,1-2H3. The lowest BCUT2D eigenvalue weighted by molar-refractivity contribution is 0.337. The summed E-state index contributed by atoms with van der Waals surface area (Å²) in [5, 5.41) is 0. The van der Waals surface area contributed by atoms with E-state index >= 15 is 0 Å². The Kier molecular flexibility index (Phi) is 4.07. The molecule has 0 heterocycles. The van der Waals surface area contributed by atoms with Crippen LogP contribution in [0, 0.1) is 6.92 Å². The summed E-state index contributed by atoms with van der Waals surface area (Å²) in [6.45, 7) is 4.67. The number of hydrogen-bond donors (Lipinski definition) is 0. The topological polar surface area (TPSA) is 9.23 Å². The van der Waals surface area contributed by atoms with Gasteiger partial charge in [-0.05, 0) is 31.5 Å². The molecule has 13 heavy (non-hydrogen) atoms. The summed E-state index contributed by atoms with van der Waals surface area (Å²) < 4.78 is 6.53. The molecule has 1 aromatic rings. The molecule has 0 aromatic heterocycles. The molecule has 0 saturated heterocycles.